The molecule has 2 rings (SSSR count). The van der Waals surface area contributed by atoms with Crippen molar-refractivity contribution in [3.8, 4) is 11.5 Å². The number of aliphatic hydroxyl groups excluding tert-OH is 1. The average molecular weight is 286 g/mol. The molecule has 4 nitrogen and oxygen atoms in total. The van der Waals surface area contributed by atoms with Crippen LogP contribution in [-0.4, -0.2) is 30.5 Å². The molecule has 0 unspecified atom stereocenters. The fourth-order valence-corrected chi connectivity index (χ4v) is 2.07. The van der Waals surface area contributed by atoms with Gasteiger partial charge in [0.05, 0.1) is 24.8 Å². The van der Waals surface area contributed by atoms with Gasteiger partial charge in [0, 0.05) is 18.5 Å². The zero-order valence-electron chi connectivity index (χ0n) is 11.3. The second kappa shape index (κ2) is 5.99. The van der Waals surface area contributed by atoms with Crippen molar-refractivity contribution in [3.63, 3.8) is 0 Å². The highest BCUT2D eigenvalue weighted by molar-refractivity contribution is 6.32. The van der Waals surface area contributed by atoms with Crippen molar-refractivity contribution in [2.45, 2.75) is 32.4 Å². The van der Waals surface area contributed by atoms with Gasteiger partial charge >= 0.3 is 0 Å². The van der Waals surface area contributed by atoms with Gasteiger partial charge in [-0.05, 0) is 31.5 Å². The summed E-state index contributed by atoms with van der Waals surface area (Å²) in [6, 6.07) is 3.81. The minimum Gasteiger partial charge on any atom is -0.489 e. The van der Waals surface area contributed by atoms with Crippen molar-refractivity contribution in [3.05, 3.63) is 22.7 Å². The quantitative estimate of drug-likeness (QED) is 0.892. The summed E-state index contributed by atoms with van der Waals surface area (Å²) in [5, 5.41) is 13.1. The Morgan fingerprint density at radius 1 is 1.32 bits per heavy atom. The molecule has 0 spiro atoms. The molecule has 0 aliphatic carbocycles. The third-order valence-electron chi connectivity index (χ3n) is 3.03. The standard InChI is InChI=1S/C14H20ClNO3/c1-14(2,9-17)16-8-10-6-11(15)13-12(7-10)18-4-3-5-19-13/h6-7,16-17H,3-5,8-9H2,1-2H3. The summed E-state index contributed by atoms with van der Waals surface area (Å²) < 4.78 is 11.2. The minimum absolute atomic E-state index is 0.0747. The second-order valence-electron chi connectivity index (χ2n) is 5.35. The molecule has 0 amide bonds. The van der Waals surface area contributed by atoms with Gasteiger partial charge in [-0.15, -0.1) is 0 Å². The number of aliphatic hydroxyl groups is 1. The molecule has 0 atom stereocenters. The van der Waals surface area contributed by atoms with Crippen LogP contribution < -0.4 is 14.8 Å². The third kappa shape index (κ3) is 3.75. The van der Waals surface area contributed by atoms with Crippen LogP contribution in [0.1, 0.15) is 25.8 Å². The Bertz CT molecular complexity index is 449. The van der Waals surface area contributed by atoms with Gasteiger partial charge in [-0.3, -0.25) is 0 Å². The summed E-state index contributed by atoms with van der Waals surface area (Å²) in [4.78, 5) is 0. The summed E-state index contributed by atoms with van der Waals surface area (Å²) >= 11 is 6.22. The van der Waals surface area contributed by atoms with Crippen LogP contribution in [0.15, 0.2) is 12.1 Å². The molecule has 0 saturated heterocycles. The number of ether oxygens (including phenoxy) is 2. The molecule has 1 aromatic rings. The van der Waals surface area contributed by atoms with E-state index in [2.05, 4.69) is 5.32 Å². The molecule has 5 heteroatoms. The van der Waals surface area contributed by atoms with E-state index in [0.717, 1.165) is 12.0 Å². The summed E-state index contributed by atoms with van der Waals surface area (Å²) in [5.74, 6) is 1.33. The SMILES string of the molecule is CC(C)(CO)NCc1cc(Cl)c2c(c1)OCCCO2. The molecule has 106 valence electrons. The Morgan fingerprint density at radius 3 is 2.79 bits per heavy atom. The smallest absolute Gasteiger partial charge is 0.179 e. The molecular formula is C14H20ClNO3. The van der Waals surface area contributed by atoms with Gasteiger partial charge in [0.15, 0.2) is 11.5 Å². The lowest BCUT2D eigenvalue weighted by atomic mass is 10.1. The second-order valence-corrected chi connectivity index (χ2v) is 5.76. The number of rotatable bonds is 4. The maximum atomic E-state index is 9.22. The fraction of sp³-hybridized carbons (Fsp3) is 0.571. The number of hydrogen-bond acceptors (Lipinski definition) is 4. The number of fused-ring (bicyclic) bond motifs is 1. The molecular weight excluding hydrogens is 266 g/mol. The molecule has 0 saturated carbocycles. The van der Waals surface area contributed by atoms with Gasteiger partial charge in [0.1, 0.15) is 0 Å². The Kier molecular flexibility index (Phi) is 4.55. The van der Waals surface area contributed by atoms with E-state index in [-0.39, 0.29) is 12.1 Å². The highest BCUT2D eigenvalue weighted by Crippen LogP contribution is 2.38. The maximum Gasteiger partial charge on any atom is 0.179 e. The molecule has 1 aliphatic heterocycles. The lowest BCUT2D eigenvalue weighted by Crippen LogP contribution is -2.42. The summed E-state index contributed by atoms with van der Waals surface area (Å²) in [5.41, 5.74) is 0.687. The van der Waals surface area contributed by atoms with Gasteiger partial charge < -0.3 is 19.9 Å². The molecule has 0 bridgehead atoms. The first-order valence-corrected chi connectivity index (χ1v) is 6.83. The Morgan fingerprint density at radius 2 is 2.05 bits per heavy atom. The van der Waals surface area contributed by atoms with Crippen LogP contribution in [0, 0.1) is 0 Å². The van der Waals surface area contributed by atoms with E-state index in [1.54, 1.807) is 0 Å². The van der Waals surface area contributed by atoms with Gasteiger partial charge in [0.2, 0.25) is 0 Å². The Balaban J connectivity index is 2.15. The Hall–Kier alpha value is -0.970. The fourth-order valence-electron chi connectivity index (χ4n) is 1.78. The topological polar surface area (TPSA) is 50.7 Å². The predicted molar refractivity (Wildman–Crippen MR) is 75.1 cm³/mol. The van der Waals surface area contributed by atoms with E-state index in [9.17, 15) is 5.11 Å². The number of halogens is 1. The molecule has 0 fully saturated rings. The van der Waals surface area contributed by atoms with Crippen LogP contribution in [0.4, 0.5) is 0 Å². The van der Waals surface area contributed by atoms with Crippen molar-refractivity contribution in [1.29, 1.82) is 0 Å². The van der Waals surface area contributed by atoms with Gasteiger partial charge in [0.25, 0.3) is 0 Å². The van der Waals surface area contributed by atoms with Crippen molar-refractivity contribution in [1.82, 2.24) is 5.32 Å². The molecule has 1 aliphatic rings. The van der Waals surface area contributed by atoms with Crippen molar-refractivity contribution in [2.75, 3.05) is 19.8 Å². The van der Waals surface area contributed by atoms with Crippen LogP contribution in [0.2, 0.25) is 5.02 Å². The zero-order chi connectivity index (χ0) is 13.9. The lowest BCUT2D eigenvalue weighted by Gasteiger charge is -2.24. The van der Waals surface area contributed by atoms with Crippen LogP contribution in [-0.2, 0) is 6.54 Å². The van der Waals surface area contributed by atoms with E-state index < -0.39 is 0 Å². The lowest BCUT2D eigenvalue weighted by molar-refractivity contribution is 0.187. The summed E-state index contributed by atoms with van der Waals surface area (Å²) in [6.07, 6.45) is 0.857. The highest BCUT2D eigenvalue weighted by Gasteiger charge is 2.18. The van der Waals surface area contributed by atoms with Crippen LogP contribution in [0.5, 0.6) is 11.5 Å². The normalized spacial score (nSPS) is 15.2. The van der Waals surface area contributed by atoms with E-state index in [4.69, 9.17) is 21.1 Å². The number of benzene rings is 1. The Labute approximate surface area is 118 Å². The molecule has 1 aromatic carbocycles. The first-order valence-electron chi connectivity index (χ1n) is 6.46. The van der Waals surface area contributed by atoms with E-state index in [1.165, 1.54) is 0 Å². The highest BCUT2D eigenvalue weighted by atomic mass is 35.5. The molecule has 2 N–H and O–H groups in total. The van der Waals surface area contributed by atoms with Crippen molar-refractivity contribution in [2.24, 2.45) is 0 Å². The van der Waals surface area contributed by atoms with Crippen LogP contribution in [0.25, 0.3) is 0 Å². The maximum absolute atomic E-state index is 9.22. The van der Waals surface area contributed by atoms with Gasteiger partial charge in [-0.25, -0.2) is 0 Å². The monoisotopic (exact) mass is 285 g/mol. The van der Waals surface area contributed by atoms with Crippen molar-refractivity contribution >= 4 is 11.6 Å². The largest absolute Gasteiger partial charge is 0.489 e. The molecule has 19 heavy (non-hydrogen) atoms. The number of hydrogen-bond donors (Lipinski definition) is 2. The van der Waals surface area contributed by atoms with Crippen molar-refractivity contribution < 1.29 is 14.6 Å². The molecule has 0 radical (unpaired) electrons. The third-order valence-corrected chi connectivity index (χ3v) is 3.31. The molecule has 0 aromatic heterocycles. The molecule has 1 heterocycles. The average Bonchev–Trinajstić information content (AvgIpc) is 2.62. The first kappa shape index (κ1) is 14.4. The van der Waals surface area contributed by atoms with E-state index in [0.29, 0.717) is 36.3 Å². The zero-order valence-corrected chi connectivity index (χ0v) is 12.1. The van der Waals surface area contributed by atoms with Gasteiger partial charge in [-0.2, -0.15) is 0 Å². The van der Waals surface area contributed by atoms with E-state index in [1.807, 2.05) is 26.0 Å². The minimum atomic E-state index is -0.323. The summed E-state index contributed by atoms with van der Waals surface area (Å²) in [6.45, 7) is 5.84. The van der Waals surface area contributed by atoms with Crippen LogP contribution in [0.3, 0.4) is 0 Å². The predicted octanol–water partition coefficient (Wildman–Crippen LogP) is 2.36. The first-order chi connectivity index (χ1) is 9.02. The summed E-state index contributed by atoms with van der Waals surface area (Å²) in [7, 11) is 0. The van der Waals surface area contributed by atoms with Crippen LogP contribution >= 0.6 is 11.6 Å². The van der Waals surface area contributed by atoms with E-state index >= 15 is 0 Å². The van der Waals surface area contributed by atoms with Gasteiger partial charge in [-0.1, -0.05) is 11.6 Å². The number of nitrogens with one attached hydrogen (secondary N) is 1.